The van der Waals surface area contributed by atoms with E-state index in [0.717, 1.165) is 29.0 Å². The van der Waals surface area contributed by atoms with Crippen molar-refractivity contribution in [2.24, 2.45) is 0 Å². The van der Waals surface area contributed by atoms with Gasteiger partial charge in [0.15, 0.2) is 0 Å². The normalized spacial score (nSPS) is 14.2. The van der Waals surface area contributed by atoms with Gasteiger partial charge in [0.1, 0.15) is 16.1 Å². The molecule has 0 radical (unpaired) electrons. The summed E-state index contributed by atoms with van der Waals surface area (Å²) in [5.74, 6) is 1.17. The molecular formula is C11H10BrN3. The predicted molar refractivity (Wildman–Crippen MR) is 61.5 cm³/mol. The van der Waals surface area contributed by atoms with Crippen molar-refractivity contribution in [2.75, 3.05) is 0 Å². The number of imidazole rings is 1. The van der Waals surface area contributed by atoms with Gasteiger partial charge in [0.05, 0.1) is 5.69 Å². The highest BCUT2D eigenvalue weighted by Gasteiger charge is 2.20. The van der Waals surface area contributed by atoms with Crippen LogP contribution in [-0.4, -0.2) is 14.5 Å². The van der Waals surface area contributed by atoms with Crippen LogP contribution in [0, 0.1) is 0 Å². The molecule has 0 atom stereocenters. The molecule has 0 fully saturated rings. The quantitative estimate of drug-likeness (QED) is 0.792. The summed E-state index contributed by atoms with van der Waals surface area (Å²) in [6.45, 7) is 1.07. The first-order chi connectivity index (χ1) is 7.36. The van der Waals surface area contributed by atoms with Crippen molar-refractivity contribution >= 4 is 15.9 Å². The molecule has 1 aliphatic rings. The third-order valence-corrected chi connectivity index (χ3v) is 3.48. The Kier molecular flexibility index (Phi) is 2.09. The summed E-state index contributed by atoms with van der Waals surface area (Å²) in [5, 5.41) is 0. The maximum absolute atomic E-state index is 4.61. The highest BCUT2D eigenvalue weighted by Crippen LogP contribution is 2.30. The maximum Gasteiger partial charge on any atom is 0.122 e. The van der Waals surface area contributed by atoms with E-state index in [0.29, 0.717) is 0 Å². The summed E-state index contributed by atoms with van der Waals surface area (Å²) < 4.78 is 3.29. The Balaban J connectivity index is 2.14. The Hall–Kier alpha value is -1.16. The minimum Gasteiger partial charge on any atom is -0.322 e. The number of hydrogen-bond donors (Lipinski definition) is 0. The second-order valence-electron chi connectivity index (χ2n) is 3.64. The fourth-order valence-electron chi connectivity index (χ4n) is 1.96. The van der Waals surface area contributed by atoms with Crippen molar-refractivity contribution in [1.82, 2.24) is 14.5 Å². The molecule has 0 N–H and O–H groups in total. The van der Waals surface area contributed by atoms with Crippen molar-refractivity contribution in [3.05, 3.63) is 34.8 Å². The standard InChI is InChI=1S/C11H10BrN3/c12-11-10(8-4-1-2-6-13-8)14-9-5-3-7-15(9)11/h1-2,4,6H,3,5,7H2. The zero-order chi connectivity index (χ0) is 10.3. The zero-order valence-corrected chi connectivity index (χ0v) is 9.74. The van der Waals surface area contributed by atoms with E-state index in [4.69, 9.17) is 0 Å². The van der Waals surface area contributed by atoms with Crippen molar-refractivity contribution in [1.29, 1.82) is 0 Å². The Labute approximate surface area is 96.3 Å². The van der Waals surface area contributed by atoms with Gasteiger partial charge in [-0.1, -0.05) is 6.07 Å². The van der Waals surface area contributed by atoms with Gasteiger partial charge in [-0.25, -0.2) is 4.98 Å². The minimum absolute atomic E-state index is 0.936. The van der Waals surface area contributed by atoms with E-state index in [1.165, 1.54) is 12.2 Å². The van der Waals surface area contributed by atoms with Crippen LogP contribution < -0.4 is 0 Å². The minimum atomic E-state index is 0.936. The lowest BCUT2D eigenvalue weighted by atomic mass is 10.3. The Morgan fingerprint density at radius 3 is 3.00 bits per heavy atom. The van der Waals surface area contributed by atoms with Crippen LogP contribution in [0.3, 0.4) is 0 Å². The Bertz CT molecular complexity index is 490. The zero-order valence-electron chi connectivity index (χ0n) is 8.15. The summed E-state index contributed by atoms with van der Waals surface area (Å²) in [5.41, 5.74) is 1.90. The van der Waals surface area contributed by atoms with Gasteiger partial charge >= 0.3 is 0 Å². The van der Waals surface area contributed by atoms with E-state index in [-0.39, 0.29) is 0 Å². The summed E-state index contributed by atoms with van der Waals surface area (Å²) in [6.07, 6.45) is 4.07. The molecule has 3 nitrogen and oxygen atoms in total. The number of nitrogens with zero attached hydrogens (tertiary/aromatic N) is 3. The number of fused-ring (bicyclic) bond motifs is 1. The van der Waals surface area contributed by atoms with E-state index in [1.807, 2.05) is 18.2 Å². The van der Waals surface area contributed by atoms with Gasteiger partial charge in [0.2, 0.25) is 0 Å². The fraction of sp³-hybridized carbons (Fsp3) is 0.273. The number of halogens is 1. The summed E-state index contributed by atoms with van der Waals surface area (Å²) >= 11 is 3.60. The monoisotopic (exact) mass is 263 g/mol. The molecule has 0 aliphatic carbocycles. The van der Waals surface area contributed by atoms with Gasteiger partial charge in [-0.05, 0) is 34.5 Å². The van der Waals surface area contributed by atoms with Gasteiger partial charge < -0.3 is 4.57 Å². The molecule has 0 bridgehead atoms. The summed E-state index contributed by atoms with van der Waals surface area (Å²) in [6, 6.07) is 5.89. The van der Waals surface area contributed by atoms with Gasteiger partial charge in [0, 0.05) is 19.2 Å². The van der Waals surface area contributed by atoms with Crippen molar-refractivity contribution in [3.8, 4) is 11.4 Å². The summed E-state index contributed by atoms with van der Waals surface area (Å²) in [4.78, 5) is 8.93. The smallest absolute Gasteiger partial charge is 0.122 e. The predicted octanol–water partition coefficient (Wildman–Crippen LogP) is 2.65. The number of hydrogen-bond acceptors (Lipinski definition) is 2. The molecule has 0 spiro atoms. The van der Waals surface area contributed by atoms with Crippen LogP contribution in [0.25, 0.3) is 11.4 Å². The third-order valence-electron chi connectivity index (χ3n) is 2.67. The second-order valence-corrected chi connectivity index (χ2v) is 4.39. The Morgan fingerprint density at radius 2 is 2.27 bits per heavy atom. The van der Waals surface area contributed by atoms with Crippen LogP contribution in [0.1, 0.15) is 12.2 Å². The molecule has 3 heterocycles. The average Bonchev–Trinajstić information content (AvgIpc) is 2.83. The highest BCUT2D eigenvalue weighted by atomic mass is 79.9. The lowest BCUT2D eigenvalue weighted by molar-refractivity contribution is 0.736. The molecule has 76 valence electrons. The molecule has 4 heteroatoms. The van der Waals surface area contributed by atoms with Crippen LogP contribution >= 0.6 is 15.9 Å². The van der Waals surface area contributed by atoms with E-state index < -0.39 is 0 Å². The number of pyridine rings is 1. The highest BCUT2D eigenvalue weighted by molar-refractivity contribution is 9.10. The Morgan fingerprint density at radius 1 is 1.33 bits per heavy atom. The molecular weight excluding hydrogens is 254 g/mol. The third kappa shape index (κ3) is 1.40. The number of rotatable bonds is 1. The molecule has 2 aromatic rings. The van der Waals surface area contributed by atoms with Crippen molar-refractivity contribution in [2.45, 2.75) is 19.4 Å². The first-order valence-corrected chi connectivity index (χ1v) is 5.82. The maximum atomic E-state index is 4.61. The molecule has 2 aromatic heterocycles. The van der Waals surface area contributed by atoms with Crippen LogP contribution in [0.15, 0.2) is 29.0 Å². The van der Waals surface area contributed by atoms with Crippen LogP contribution in [-0.2, 0) is 13.0 Å². The van der Waals surface area contributed by atoms with Gasteiger partial charge in [-0.3, -0.25) is 4.98 Å². The van der Waals surface area contributed by atoms with E-state index in [9.17, 15) is 0 Å². The lowest BCUT2D eigenvalue weighted by Gasteiger charge is -1.99. The molecule has 0 saturated carbocycles. The lowest BCUT2D eigenvalue weighted by Crippen LogP contribution is -1.91. The topological polar surface area (TPSA) is 30.7 Å². The van der Waals surface area contributed by atoms with Crippen LogP contribution in [0.2, 0.25) is 0 Å². The van der Waals surface area contributed by atoms with Crippen LogP contribution in [0.5, 0.6) is 0 Å². The van der Waals surface area contributed by atoms with Crippen molar-refractivity contribution in [3.63, 3.8) is 0 Å². The first kappa shape index (κ1) is 9.09. The van der Waals surface area contributed by atoms with Gasteiger partial charge in [0.25, 0.3) is 0 Å². The first-order valence-electron chi connectivity index (χ1n) is 5.02. The number of aromatic nitrogens is 3. The van der Waals surface area contributed by atoms with E-state index in [1.54, 1.807) is 6.20 Å². The molecule has 0 aromatic carbocycles. The van der Waals surface area contributed by atoms with E-state index >= 15 is 0 Å². The SMILES string of the molecule is Brc1c(-c2ccccn2)nc2n1CCC2. The second kappa shape index (κ2) is 3.45. The molecule has 0 amide bonds. The van der Waals surface area contributed by atoms with Crippen molar-refractivity contribution < 1.29 is 0 Å². The molecule has 0 saturated heterocycles. The molecule has 3 rings (SSSR count). The fourth-order valence-corrected chi connectivity index (χ4v) is 2.63. The van der Waals surface area contributed by atoms with Gasteiger partial charge in [-0.15, -0.1) is 0 Å². The largest absolute Gasteiger partial charge is 0.322 e. The average molecular weight is 264 g/mol. The molecule has 1 aliphatic heterocycles. The summed E-state index contributed by atoms with van der Waals surface area (Å²) in [7, 11) is 0. The number of aryl methyl sites for hydroxylation is 1. The molecule has 15 heavy (non-hydrogen) atoms. The molecule has 0 unspecified atom stereocenters. The van der Waals surface area contributed by atoms with Gasteiger partial charge in [-0.2, -0.15) is 0 Å². The van der Waals surface area contributed by atoms with E-state index in [2.05, 4.69) is 30.5 Å². The van der Waals surface area contributed by atoms with Crippen LogP contribution in [0.4, 0.5) is 0 Å².